The lowest BCUT2D eigenvalue weighted by Crippen LogP contribution is -1.98. The molecule has 0 saturated carbocycles. The Balaban J connectivity index is 2.22. The Hall–Kier alpha value is -1.05. The molecule has 0 aliphatic heterocycles. The monoisotopic (exact) mass is 166 g/mol. The summed E-state index contributed by atoms with van der Waals surface area (Å²) < 4.78 is 4.90. The summed E-state index contributed by atoms with van der Waals surface area (Å²) in [4.78, 5) is 11.1. The molecule has 66 valence electrons. The quantitative estimate of drug-likeness (QED) is 0.673. The fourth-order valence-electron chi connectivity index (χ4n) is 1.12. The molecule has 0 fully saturated rings. The second-order valence-corrected chi connectivity index (χ2v) is 2.92. The maximum atomic E-state index is 11.1. The highest BCUT2D eigenvalue weighted by Gasteiger charge is 2.01. The van der Waals surface area contributed by atoms with Crippen molar-refractivity contribution in [2.45, 2.75) is 32.6 Å². The maximum absolute atomic E-state index is 11.1. The molecule has 0 amide bonds. The molecule has 0 aliphatic rings. The van der Waals surface area contributed by atoms with Crippen LogP contribution in [0.15, 0.2) is 23.0 Å². The van der Waals surface area contributed by atoms with Crippen molar-refractivity contribution in [1.29, 1.82) is 0 Å². The third kappa shape index (κ3) is 2.91. The zero-order valence-corrected chi connectivity index (χ0v) is 7.38. The summed E-state index contributed by atoms with van der Waals surface area (Å²) >= 11 is 0. The van der Waals surface area contributed by atoms with E-state index >= 15 is 0 Å². The van der Waals surface area contributed by atoms with Crippen molar-refractivity contribution >= 4 is 5.78 Å². The highest BCUT2D eigenvalue weighted by atomic mass is 16.3. The molecule has 0 atom stereocenters. The summed E-state index contributed by atoms with van der Waals surface area (Å²) in [5, 5.41) is 0. The first-order chi connectivity index (χ1) is 5.83. The van der Waals surface area contributed by atoms with Gasteiger partial charge in [-0.2, -0.15) is 0 Å². The number of aryl methyl sites for hydroxylation is 1. The van der Waals surface area contributed by atoms with Crippen LogP contribution in [0.5, 0.6) is 0 Å². The van der Waals surface area contributed by atoms with Crippen LogP contribution in [0.3, 0.4) is 0 Å². The van der Waals surface area contributed by atoms with Crippen molar-refractivity contribution in [1.82, 2.24) is 0 Å². The number of rotatable bonds is 5. The molecule has 0 saturated heterocycles. The lowest BCUT2D eigenvalue weighted by Gasteiger charge is -1.95. The Morgan fingerprint density at radius 1 is 1.50 bits per heavy atom. The molecule has 0 aromatic carbocycles. The van der Waals surface area contributed by atoms with Crippen LogP contribution in [0.25, 0.3) is 0 Å². The molecule has 0 radical (unpaired) electrons. The average molecular weight is 166 g/mol. The standard InChI is InChI=1S/C10H14O2/c1-2-3-10(11)5-4-9-6-7-12-8-9/h6-8H,2-5H2,1H3. The Kier molecular flexibility index (Phi) is 3.58. The second-order valence-electron chi connectivity index (χ2n) is 2.92. The number of carbonyl (C=O) groups excluding carboxylic acids is 1. The third-order valence-electron chi connectivity index (χ3n) is 1.80. The number of ketones is 1. The van der Waals surface area contributed by atoms with Gasteiger partial charge in [0.05, 0.1) is 12.5 Å². The van der Waals surface area contributed by atoms with Gasteiger partial charge in [0.15, 0.2) is 0 Å². The van der Waals surface area contributed by atoms with Crippen LogP contribution in [0.2, 0.25) is 0 Å². The Morgan fingerprint density at radius 3 is 2.92 bits per heavy atom. The summed E-state index contributed by atoms with van der Waals surface area (Å²) in [5.41, 5.74) is 1.11. The summed E-state index contributed by atoms with van der Waals surface area (Å²) in [6.45, 7) is 2.02. The summed E-state index contributed by atoms with van der Waals surface area (Å²) in [5.74, 6) is 0.346. The molecule has 0 bridgehead atoms. The van der Waals surface area contributed by atoms with Gasteiger partial charge in [0.25, 0.3) is 0 Å². The van der Waals surface area contributed by atoms with Crippen LogP contribution >= 0.6 is 0 Å². The van der Waals surface area contributed by atoms with E-state index < -0.39 is 0 Å². The normalized spacial score (nSPS) is 10.1. The molecule has 0 spiro atoms. The predicted molar refractivity (Wildman–Crippen MR) is 46.9 cm³/mol. The summed E-state index contributed by atoms with van der Waals surface area (Å²) in [6.07, 6.45) is 6.45. The van der Waals surface area contributed by atoms with Gasteiger partial charge >= 0.3 is 0 Å². The van der Waals surface area contributed by atoms with Crippen molar-refractivity contribution in [3.63, 3.8) is 0 Å². The number of carbonyl (C=O) groups is 1. The van der Waals surface area contributed by atoms with Gasteiger partial charge in [-0.15, -0.1) is 0 Å². The predicted octanol–water partition coefficient (Wildman–Crippen LogP) is 2.58. The van der Waals surface area contributed by atoms with E-state index in [0.29, 0.717) is 18.6 Å². The molecule has 0 N–H and O–H groups in total. The Morgan fingerprint density at radius 2 is 2.33 bits per heavy atom. The molecule has 1 heterocycles. The van der Waals surface area contributed by atoms with E-state index in [-0.39, 0.29) is 0 Å². The zero-order chi connectivity index (χ0) is 8.81. The molecule has 0 unspecified atom stereocenters. The number of furan rings is 1. The SMILES string of the molecule is CCCC(=O)CCc1ccoc1. The largest absolute Gasteiger partial charge is 0.472 e. The number of Topliss-reactive ketones (excluding diaryl/α,β-unsaturated/α-hetero) is 1. The Labute approximate surface area is 72.6 Å². The van der Waals surface area contributed by atoms with Gasteiger partial charge < -0.3 is 4.42 Å². The van der Waals surface area contributed by atoms with Gasteiger partial charge in [-0.1, -0.05) is 6.92 Å². The summed E-state index contributed by atoms with van der Waals surface area (Å²) in [7, 11) is 0. The molecule has 0 aliphatic carbocycles. The molecule has 2 heteroatoms. The smallest absolute Gasteiger partial charge is 0.133 e. The molecule has 1 rings (SSSR count). The van der Waals surface area contributed by atoms with Crippen molar-refractivity contribution in [2.24, 2.45) is 0 Å². The number of hydrogen-bond donors (Lipinski definition) is 0. The lowest BCUT2D eigenvalue weighted by atomic mass is 10.1. The fourth-order valence-corrected chi connectivity index (χ4v) is 1.12. The van der Waals surface area contributed by atoms with Gasteiger partial charge in [-0.25, -0.2) is 0 Å². The van der Waals surface area contributed by atoms with Crippen molar-refractivity contribution in [2.75, 3.05) is 0 Å². The first-order valence-electron chi connectivity index (χ1n) is 4.35. The summed E-state index contributed by atoms with van der Waals surface area (Å²) in [6, 6.07) is 1.90. The average Bonchev–Trinajstić information content (AvgIpc) is 2.53. The van der Waals surface area contributed by atoms with E-state index in [1.807, 2.05) is 13.0 Å². The van der Waals surface area contributed by atoms with Gasteiger partial charge in [0, 0.05) is 12.8 Å². The van der Waals surface area contributed by atoms with Gasteiger partial charge in [-0.3, -0.25) is 4.79 Å². The molecular formula is C10H14O2. The van der Waals surface area contributed by atoms with E-state index in [1.54, 1.807) is 12.5 Å². The van der Waals surface area contributed by atoms with Crippen molar-refractivity contribution in [3.8, 4) is 0 Å². The van der Waals surface area contributed by atoms with E-state index in [2.05, 4.69) is 0 Å². The molecule has 1 aromatic heterocycles. The van der Waals surface area contributed by atoms with Crippen LogP contribution in [-0.4, -0.2) is 5.78 Å². The fraction of sp³-hybridized carbons (Fsp3) is 0.500. The van der Waals surface area contributed by atoms with Gasteiger partial charge in [-0.05, 0) is 24.5 Å². The minimum absolute atomic E-state index is 0.346. The van der Waals surface area contributed by atoms with Gasteiger partial charge in [0.1, 0.15) is 5.78 Å². The molecule has 12 heavy (non-hydrogen) atoms. The number of hydrogen-bond acceptors (Lipinski definition) is 2. The van der Waals surface area contributed by atoms with E-state index in [9.17, 15) is 4.79 Å². The first kappa shape index (κ1) is 9.04. The van der Waals surface area contributed by atoms with Crippen molar-refractivity contribution < 1.29 is 9.21 Å². The van der Waals surface area contributed by atoms with Crippen molar-refractivity contribution in [3.05, 3.63) is 24.2 Å². The highest BCUT2D eigenvalue weighted by Crippen LogP contribution is 2.05. The van der Waals surface area contributed by atoms with E-state index in [4.69, 9.17) is 4.42 Å². The zero-order valence-electron chi connectivity index (χ0n) is 7.38. The topological polar surface area (TPSA) is 30.2 Å². The second kappa shape index (κ2) is 4.75. The minimum atomic E-state index is 0.346. The van der Waals surface area contributed by atoms with Crippen LogP contribution in [0, 0.1) is 0 Å². The molecule has 2 nitrogen and oxygen atoms in total. The first-order valence-corrected chi connectivity index (χ1v) is 4.35. The van der Waals surface area contributed by atoms with Crippen LogP contribution < -0.4 is 0 Å². The lowest BCUT2D eigenvalue weighted by molar-refractivity contribution is -0.119. The van der Waals surface area contributed by atoms with Crippen LogP contribution in [0.4, 0.5) is 0 Å². The molecule has 1 aromatic rings. The van der Waals surface area contributed by atoms with E-state index in [0.717, 1.165) is 18.4 Å². The Bertz CT molecular complexity index is 224. The van der Waals surface area contributed by atoms with Crippen LogP contribution in [-0.2, 0) is 11.2 Å². The molecular weight excluding hydrogens is 152 g/mol. The highest BCUT2D eigenvalue weighted by molar-refractivity contribution is 5.78. The van der Waals surface area contributed by atoms with E-state index in [1.165, 1.54) is 0 Å². The van der Waals surface area contributed by atoms with Crippen LogP contribution in [0.1, 0.15) is 31.7 Å². The van der Waals surface area contributed by atoms with Gasteiger partial charge in [0.2, 0.25) is 0 Å². The maximum Gasteiger partial charge on any atom is 0.133 e. The minimum Gasteiger partial charge on any atom is -0.472 e. The third-order valence-corrected chi connectivity index (χ3v) is 1.80.